The molecule has 48 valence electrons. The zero-order valence-corrected chi connectivity index (χ0v) is 6.79. The summed E-state index contributed by atoms with van der Waals surface area (Å²) < 4.78 is 4.83. The first kappa shape index (κ1) is 8.54. The molecule has 0 bridgehead atoms. The molecule has 0 saturated carbocycles. The van der Waals surface area contributed by atoms with Crippen LogP contribution in [0.3, 0.4) is 0 Å². The van der Waals surface area contributed by atoms with Crippen LogP contribution in [0.5, 0.6) is 0 Å². The topological polar surface area (TPSA) is 9.23 Å². The molecular formula is C6H13OV. The standard InChI is InChI=1S/C6H13O.V/c1-2-3-4-5-6-7;/h2-6H2,1H3;/q-1;+1. The van der Waals surface area contributed by atoms with Crippen molar-refractivity contribution >= 4 is 0 Å². The van der Waals surface area contributed by atoms with E-state index in [1.165, 1.54) is 25.7 Å². The van der Waals surface area contributed by atoms with Crippen LogP contribution in [0.25, 0.3) is 0 Å². The zero-order chi connectivity index (χ0) is 6.24. The van der Waals surface area contributed by atoms with Gasteiger partial charge in [0.1, 0.15) is 0 Å². The minimum atomic E-state index is 0.903. The molecule has 0 fully saturated rings. The van der Waals surface area contributed by atoms with Gasteiger partial charge in [-0.05, 0) is 0 Å². The Labute approximate surface area is 61.1 Å². The van der Waals surface area contributed by atoms with Crippen LogP contribution in [0, 0.1) is 0 Å². The zero-order valence-electron chi connectivity index (χ0n) is 5.39. The van der Waals surface area contributed by atoms with E-state index < -0.39 is 0 Å². The van der Waals surface area contributed by atoms with Gasteiger partial charge in [-0.3, -0.25) is 0 Å². The van der Waals surface area contributed by atoms with Gasteiger partial charge >= 0.3 is 60.7 Å². The second-order valence-electron chi connectivity index (χ2n) is 1.89. The van der Waals surface area contributed by atoms with Crippen LogP contribution in [-0.4, -0.2) is 6.61 Å². The second-order valence-corrected chi connectivity index (χ2v) is 2.30. The summed E-state index contributed by atoms with van der Waals surface area (Å²) >= 11 is 2.14. The molecule has 1 nitrogen and oxygen atoms in total. The Bertz CT molecular complexity index is 33.5. The third-order valence-electron chi connectivity index (χ3n) is 1.09. The Morgan fingerprint density at radius 1 is 1.25 bits per heavy atom. The average Bonchev–Trinajstić information content (AvgIpc) is 1.81. The molecule has 0 unspecified atom stereocenters. The van der Waals surface area contributed by atoms with Crippen molar-refractivity contribution in [1.82, 2.24) is 0 Å². The molecule has 0 atom stereocenters. The van der Waals surface area contributed by atoms with Crippen LogP contribution >= 0.6 is 0 Å². The Morgan fingerprint density at radius 2 is 2.00 bits per heavy atom. The van der Waals surface area contributed by atoms with Gasteiger partial charge in [0.15, 0.2) is 0 Å². The summed E-state index contributed by atoms with van der Waals surface area (Å²) in [4.78, 5) is 0. The van der Waals surface area contributed by atoms with Crippen molar-refractivity contribution < 1.29 is 21.4 Å². The van der Waals surface area contributed by atoms with Gasteiger partial charge < -0.3 is 0 Å². The number of rotatable bonds is 5. The maximum absolute atomic E-state index is 4.83. The van der Waals surface area contributed by atoms with E-state index >= 15 is 0 Å². The van der Waals surface area contributed by atoms with Crippen molar-refractivity contribution in [3.05, 3.63) is 0 Å². The average molecular weight is 152 g/mol. The number of hydrogen-bond acceptors (Lipinski definition) is 1. The van der Waals surface area contributed by atoms with E-state index in [4.69, 9.17) is 3.66 Å². The maximum atomic E-state index is 4.83. The quantitative estimate of drug-likeness (QED) is 0.548. The first-order valence-corrected chi connectivity index (χ1v) is 3.75. The Kier molecular flexibility index (Phi) is 8.06. The van der Waals surface area contributed by atoms with Crippen LogP contribution in [0.4, 0.5) is 0 Å². The van der Waals surface area contributed by atoms with E-state index in [0.29, 0.717) is 0 Å². The van der Waals surface area contributed by atoms with Gasteiger partial charge in [0, 0.05) is 0 Å². The first-order chi connectivity index (χ1) is 3.91. The monoisotopic (exact) mass is 152 g/mol. The number of unbranched alkanes of at least 4 members (excludes halogenated alkanes) is 3. The molecule has 0 rings (SSSR count). The molecule has 8 heavy (non-hydrogen) atoms. The molecule has 0 saturated heterocycles. The van der Waals surface area contributed by atoms with Crippen molar-refractivity contribution in [2.75, 3.05) is 6.61 Å². The van der Waals surface area contributed by atoms with Crippen molar-refractivity contribution in [2.24, 2.45) is 0 Å². The molecule has 0 N–H and O–H groups in total. The van der Waals surface area contributed by atoms with Crippen LogP contribution in [-0.2, 0) is 21.4 Å². The molecule has 0 radical (unpaired) electrons. The van der Waals surface area contributed by atoms with E-state index in [9.17, 15) is 0 Å². The van der Waals surface area contributed by atoms with Gasteiger partial charge in [-0.2, -0.15) is 0 Å². The van der Waals surface area contributed by atoms with Crippen molar-refractivity contribution in [3.8, 4) is 0 Å². The second kappa shape index (κ2) is 7.54. The molecule has 0 aliphatic rings. The molecule has 2 heteroatoms. The first-order valence-electron chi connectivity index (χ1n) is 3.18. The Balaban J connectivity index is 2.53. The minimum absolute atomic E-state index is 0.903. The molecule has 0 aliphatic heterocycles. The van der Waals surface area contributed by atoms with Gasteiger partial charge in [-0.1, -0.05) is 0 Å². The van der Waals surface area contributed by atoms with Crippen LogP contribution in [0.15, 0.2) is 0 Å². The molecular weight excluding hydrogens is 139 g/mol. The molecule has 0 aromatic heterocycles. The Morgan fingerprint density at radius 3 is 2.50 bits per heavy atom. The molecule has 0 heterocycles. The summed E-state index contributed by atoms with van der Waals surface area (Å²) in [6.45, 7) is 3.11. The van der Waals surface area contributed by atoms with E-state index in [1.54, 1.807) is 0 Å². The van der Waals surface area contributed by atoms with Crippen molar-refractivity contribution in [2.45, 2.75) is 32.6 Å². The summed E-state index contributed by atoms with van der Waals surface area (Å²) in [6, 6.07) is 0. The van der Waals surface area contributed by atoms with Gasteiger partial charge in [0.2, 0.25) is 0 Å². The van der Waals surface area contributed by atoms with Crippen LogP contribution in [0.2, 0.25) is 0 Å². The van der Waals surface area contributed by atoms with Crippen molar-refractivity contribution in [1.29, 1.82) is 0 Å². The fraction of sp³-hybridized carbons (Fsp3) is 1.00. The van der Waals surface area contributed by atoms with Gasteiger partial charge in [-0.15, -0.1) is 0 Å². The number of hydrogen-bond donors (Lipinski definition) is 0. The predicted molar refractivity (Wildman–Crippen MR) is 30.1 cm³/mol. The van der Waals surface area contributed by atoms with E-state index in [0.717, 1.165) is 6.61 Å². The van der Waals surface area contributed by atoms with Gasteiger partial charge in [-0.25, -0.2) is 0 Å². The van der Waals surface area contributed by atoms with Crippen LogP contribution < -0.4 is 0 Å². The van der Waals surface area contributed by atoms with E-state index in [-0.39, 0.29) is 0 Å². The van der Waals surface area contributed by atoms with Gasteiger partial charge in [0.05, 0.1) is 0 Å². The molecule has 0 spiro atoms. The SMILES string of the molecule is CCCCCC[O][V]. The van der Waals surface area contributed by atoms with E-state index in [1.807, 2.05) is 0 Å². The molecule has 0 aromatic rings. The predicted octanol–water partition coefficient (Wildman–Crippen LogP) is 2.05. The van der Waals surface area contributed by atoms with Gasteiger partial charge in [0.25, 0.3) is 0 Å². The van der Waals surface area contributed by atoms with Crippen molar-refractivity contribution in [3.63, 3.8) is 0 Å². The fourth-order valence-corrected chi connectivity index (χ4v) is 0.795. The molecule has 0 amide bonds. The molecule has 0 aliphatic carbocycles. The fourth-order valence-electron chi connectivity index (χ4n) is 0.593. The summed E-state index contributed by atoms with van der Waals surface area (Å²) in [7, 11) is 0. The summed E-state index contributed by atoms with van der Waals surface area (Å²) in [5, 5.41) is 0. The van der Waals surface area contributed by atoms with Crippen LogP contribution in [0.1, 0.15) is 32.6 Å². The summed E-state index contributed by atoms with van der Waals surface area (Å²) in [6.07, 6.45) is 5.17. The summed E-state index contributed by atoms with van der Waals surface area (Å²) in [5.41, 5.74) is 0. The third-order valence-corrected chi connectivity index (χ3v) is 1.37. The van der Waals surface area contributed by atoms with E-state index in [2.05, 4.69) is 24.7 Å². The third kappa shape index (κ3) is 6.54. The Hall–Kier alpha value is 0.544. The molecule has 0 aromatic carbocycles. The normalized spacial score (nSPS) is 9.62. The summed E-state index contributed by atoms with van der Waals surface area (Å²) in [5.74, 6) is 0.